The summed E-state index contributed by atoms with van der Waals surface area (Å²) >= 11 is 0. The van der Waals surface area contributed by atoms with E-state index in [9.17, 15) is 9.59 Å². The van der Waals surface area contributed by atoms with Gasteiger partial charge >= 0.3 is 5.97 Å². The van der Waals surface area contributed by atoms with Crippen LogP contribution in [0.15, 0.2) is 48.5 Å². The highest BCUT2D eigenvalue weighted by Gasteiger charge is 2.39. The third-order valence-corrected chi connectivity index (χ3v) is 6.18. The van der Waals surface area contributed by atoms with Crippen LogP contribution in [0.25, 0.3) is 0 Å². The molecular weight excluding hydrogens is 402 g/mol. The van der Waals surface area contributed by atoms with Crippen LogP contribution in [0.2, 0.25) is 0 Å². The van der Waals surface area contributed by atoms with Crippen molar-refractivity contribution < 1.29 is 19.1 Å². The number of amides is 1. The van der Waals surface area contributed by atoms with Gasteiger partial charge in [-0.15, -0.1) is 0 Å². The Labute approximate surface area is 189 Å². The minimum absolute atomic E-state index is 0.269. The second-order valence-electron chi connectivity index (χ2n) is 8.31. The predicted molar refractivity (Wildman–Crippen MR) is 122 cm³/mol. The first-order valence-corrected chi connectivity index (χ1v) is 11.5. The molecule has 0 N–H and O–H groups in total. The number of carbonyl (C=O) groups excluding carboxylic acids is 2. The van der Waals surface area contributed by atoms with Crippen LogP contribution in [0.3, 0.4) is 0 Å². The molecular formula is C27H29NO4. The van der Waals surface area contributed by atoms with Gasteiger partial charge in [-0.05, 0) is 87.6 Å². The third kappa shape index (κ3) is 5.31. The Kier molecular flexibility index (Phi) is 7.11. The fourth-order valence-corrected chi connectivity index (χ4v) is 4.45. The van der Waals surface area contributed by atoms with Gasteiger partial charge < -0.3 is 14.4 Å². The smallest absolute Gasteiger partial charge is 0.338 e. The molecule has 2 aromatic carbocycles. The van der Waals surface area contributed by atoms with E-state index in [1.807, 2.05) is 36.4 Å². The molecule has 5 rings (SSSR count). The lowest BCUT2D eigenvalue weighted by atomic mass is 9.79. The topological polar surface area (TPSA) is 55.8 Å². The van der Waals surface area contributed by atoms with Gasteiger partial charge in [0.1, 0.15) is 5.75 Å². The molecule has 0 radical (unpaired) electrons. The number of fused-ring (bicyclic) bond motifs is 3. The largest absolute Gasteiger partial charge is 0.494 e. The number of benzene rings is 2. The van der Waals surface area contributed by atoms with Crippen LogP contribution in [0.1, 0.15) is 60.5 Å². The number of carbonyl (C=O) groups is 2. The van der Waals surface area contributed by atoms with Crippen molar-refractivity contribution in [3.8, 4) is 17.6 Å². The Bertz CT molecular complexity index is 993. The molecule has 1 aliphatic carbocycles. The highest BCUT2D eigenvalue weighted by atomic mass is 16.5. The molecule has 3 aliphatic rings. The quantitative estimate of drug-likeness (QED) is 0.370. The Balaban J connectivity index is 1.23. The normalized spacial score (nSPS) is 19.3. The molecule has 5 nitrogen and oxygen atoms in total. The number of nitrogens with zero attached hydrogens (tertiary/aromatic N) is 1. The van der Waals surface area contributed by atoms with E-state index in [4.69, 9.17) is 9.47 Å². The van der Waals surface area contributed by atoms with Gasteiger partial charge in [-0.3, -0.25) is 4.79 Å². The highest BCUT2D eigenvalue weighted by molar-refractivity contribution is 5.89. The van der Waals surface area contributed by atoms with Crippen LogP contribution in [-0.2, 0) is 9.53 Å². The first-order valence-electron chi connectivity index (χ1n) is 11.5. The molecule has 166 valence electrons. The van der Waals surface area contributed by atoms with E-state index in [-0.39, 0.29) is 11.9 Å². The average molecular weight is 432 g/mol. The van der Waals surface area contributed by atoms with E-state index in [2.05, 4.69) is 16.7 Å². The van der Waals surface area contributed by atoms with Gasteiger partial charge in [0.2, 0.25) is 5.91 Å². The van der Waals surface area contributed by atoms with E-state index < -0.39 is 0 Å². The SMILES string of the molecule is CCOC(=O)c1ccc(C#Cc2ccc(OCCCN3C(=O)C4CCC3CC4)cc2)cc1. The molecule has 2 saturated heterocycles. The summed E-state index contributed by atoms with van der Waals surface area (Å²) in [5.41, 5.74) is 2.25. The Morgan fingerprint density at radius 2 is 1.59 bits per heavy atom. The van der Waals surface area contributed by atoms with Gasteiger partial charge in [-0.25, -0.2) is 4.79 Å². The summed E-state index contributed by atoms with van der Waals surface area (Å²) in [5, 5.41) is 0. The Morgan fingerprint density at radius 3 is 2.19 bits per heavy atom. The molecule has 0 aromatic heterocycles. The van der Waals surface area contributed by atoms with Gasteiger partial charge in [0.15, 0.2) is 0 Å². The molecule has 0 atom stereocenters. The van der Waals surface area contributed by atoms with Gasteiger partial charge in [-0.1, -0.05) is 11.8 Å². The lowest BCUT2D eigenvalue weighted by Crippen LogP contribution is -2.52. The molecule has 1 amide bonds. The lowest BCUT2D eigenvalue weighted by Gasteiger charge is -2.44. The number of rotatable bonds is 7. The van der Waals surface area contributed by atoms with Gasteiger partial charge in [-0.2, -0.15) is 0 Å². The van der Waals surface area contributed by atoms with Gasteiger partial charge in [0.05, 0.1) is 18.8 Å². The fourth-order valence-electron chi connectivity index (χ4n) is 4.45. The zero-order chi connectivity index (χ0) is 22.3. The van der Waals surface area contributed by atoms with Crippen molar-refractivity contribution >= 4 is 11.9 Å². The van der Waals surface area contributed by atoms with E-state index in [0.29, 0.717) is 30.7 Å². The van der Waals surface area contributed by atoms with Crippen molar-refractivity contribution in [1.29, 1.82) is 0 Å². The molecule has 2 aliphatic heterocycles. The maximum atomic E-state index is 12.4. The summed E-state index contributed by atoms with van der Waals surface area (Å²) in [6.45, 7) is 3.53. The lowest BCUT2D eigenvalue weighted by molar-refractivity contribution is -0.147. The number of hydrogen-bond acceptors (Lipinski definition) is 4. The Morgan fingerprint density at radius 1 is 0.969 bits per heavy atom. The summed E-state index contributed by atoms with van der Waals surface area (Å²) in [7, 11) is 0. The standard InChI is InChI=1S/C27H29NO4/c1-2-31-27(30)23-10-6-20(7-11-23)4-5-21-8-16-25(17-9-21)32-19-3-18-28-24-14-12-22(13-15-24)26(28)29/h6-11,16-17,22,24H,2-3,12-15,18-19H2,1H3. The number of piperidine rings is 2. The summed E-state index contributed by atoms with van der Waals surface area (Å²) in [6.07, 6.45) is 5.32. The predicted octanol–water partition coefficient (Wildman–Crippen LogP) is 4.43. The van der Waals surface area contributed by atoms with Crippen molar-refractivity contribution in [1.82, 2.24) is 4.90 Å². The first kappa shape index (κ1) is 22.0. The maximum absolute atomic E-state index is 12.4. The second-order valence-corrected chi connectivity index (χ2v) is 8.31. The van der Waals surface area contributed by atoms with Gasteiger partial charge in [0.25, 0.3) is 0 Å². The second kappa shape index (κ2) is 10.4. The summed E-state index contributed by atoms with van der Waals surface area (Å²) in [4.78, 5) is 26.2. The molecule has 2 heterocycles. The zero-order valence-electron chi connectivity index (χ0n) is 18.5. The molecule has 2 bridgehead atoms. The number of esters is 1. The molecule has 0 unspecified atom stereocenters. The minimum Gasteiger partial charge on any atom is -0.494 e. The van der Waals surface area contributed by atoms with E-state index >= 15 is 0 Å². The molecule has 2 aromatic rings. The summed E-state index contributed by atoms with van der Waals surface area (Å²) in [6, 6.07) is 15.2. The van der Waals surface area contributed by atoms with E-state index in [0.717, 1.165) is 55.5 Å². The van der Waals surface area contributed by atoms with Crippen LogP contribution in [0.5, 0.6) is 5.75 Å². The van der Waals surface area contributed by atoms with Gasteiger partial charge in [0, 0.05) is 29.6 Å². The van der Waals surface area contributed by atoms with E-state index in [1.54, 1.807) is 19.1 Å². The molecule has 1 saturated carbocycles. The maximum Gasteiger partial charge on any atom is 0.338 e. The average Bonchev–Trinajstić information content (AvgIpc) is 2.83. The highest BCUT2D eigenvalue weighted by Crippen LogP contribution is 2.35. The monoisotopic (exact) mass is 431 g/mol. The minimum atomic E-state index is -0.322. The van der Waals surface area contributed by atoms with Crippen LogP contribution >= 0.6 is 0 Å². The summed E-state index contributed by atoms with van der Waals surface area (Å²) in [5.74, 6) is 7.34. The van der Waals surface area contributed by atoms with Crippen LogP contribution in [0, 0.1) is 17.8 Å². The zero-order valence-corrected chi connectivity index (χ0v) is 18.5. The third-order valence-electron chi connectivity index (χ3n) is 6.18. The van der Waals surface area contributed by atoms with Crippen molar-refractivity contribution in [3.05, 3.63) is 65.2 Å². The van der Waals surface area contributed by atoms with Crippen LogP contribution < -0.4 is 4.74 Å². The number of ether oxygens (including phenoxy) is 2. The van der Waals surface area contributed by atoms with Crippen molar-refractivity contribution in [3.63, 3.8) is 0 Å². The molecule has 0 spiro atoms. The molecule has 5 heteroatoms. The van der Waals surface area contributed by atoms with Crippen molar-refractivity contribution in [2.24, 2.45) is 5.92 Å². The molecule has 3 fully saturated rings. The van der Waals surface area contributed by atoms with Crippen molar-refractivity contribution in [2.45, 2.75) is 45.1 Å². The summed E-state index contributed by atoms with van der Waals surface area (Å²) < 4.78 is 10.8. The number of hydrogen-bond donors (Lipinski definition) is 0. The van der Waals surface area contributed by atoms with E-state index in [1.165, 1.54) is 0 Å². The van der Waals surface area contributed by atoms with Crippen LogP contribution in [-0.4, -0.2) is 42.6 Å². The van der Waals surface area contributed by atoms with Crippen LogP contribution in [0.4, 0.5) is 0 Å². The van der Waals surface area contributed by atoms with Crippen molar-refractivity contribution in [2.75, 3.05) is 19.8 Å². The molecule has 32 heavy (non-hydrogen) atoms. The fraction of sp³-hybridized carbons (Fsp3) is 0.407. The first-order chi connectivity index (χ1) is 15.6. The Hall–Kier alpha value is -3.26.